The number of rotatable bonds is 5. The largest absolute Gasteiger partial charge is 0.444 e. The maximum Gasteiger partial charge on any atom is 0.407 e. The van der Waals surface area contributed by atoms with E-state index < -0.39 is 23.9 Å². The summed E-state index contributed by atoms with van der Waals surface area (Å²) in [5.74, 6) is 0. The van der Waals surface area contributed by atoms with Crippen LogP contribution in [0, 0.1) is 0 Å². The van der Waals surface area contributed by atoms with Gasteiger partial charge in [0.15, 0.2) is 0 Å². The summed E-state index contributed by atoms with van der Waals surface area (Å²) >= 11 is 11.8. The number of benzene rings is 1. The zero-order valence-electron chi connectivity index (χ0n) is 13.3. The second-order valence-electron chi connectivity index (χ2n) is 6.12. The summed E-state index contributed by atoms with van der Waals surface area (Å²) in [5.41, 5.74) is 5.58. The third-order valence-corrected chi connectivity index (χ3v) is 3.45. The number of hydrogen-bond donors (Lipinski definition) is 4. The molecule has 5 N–H and O–H groups in total. The Morgan fingerprint density at radius 1 is 1.35 bits per heavy atom. The van der Waals surface area contributed by atoms with Gasteiger partial charge in [0, 0.05) is 17.1 Å². The van der Waals surface area contributed by atoms with E-state index in [0.29, 0.717) is 5.02 Å². The van der Waals surface area contributed by atoms with Crippen molar-refractivity contribution < 1.29 is 19.7 Å². The molecule has 2 atom stereocenters. The molecule has 1 aromatic carbocycles. The Morgan fingerprint density at radius 2 is 1.96 bits per heavy atom. The van der Waals surface area contributed by atoms with Crippen molar-refractivity contribution >= 4 is 35.0 Å². The molecule has 8 heteroatoms. The van der Waals surface area contributed by atoms with Gasteiger partial charge in [-0.1, -0.05) is 23.2 Å². The number of carbonyl (C=O) groups is 1. The first-order valence-electron chi connectivity index (χ1n) is 7.08. The summed E-state index contributed by atoms with van der Waals surface area (Å²) in [5, 5.41) is 23.2. The highest BCUT2D eigenvalue weighted by Crippen LogP contribution is 2.33. The summed E-state index contributed by atoms with van der Waals surface area (Å²) in [6.45, 7) is 5.37. The summed E-state index contributed by atoms with van der Waals surface area (Å²) in [4.78, 5) is 11.5. The molecule has 0 aromatic heterocycles. The molecule has 0 saturated carbocycles. The lowest BCUT2D eigenvalue weighted by Crippen LogP contribution is -2.34. The van der Waals surface area contributed by atoms with Crippen LogP contribution in [0.4, 0.5) is 10.5 Å². The zero-order valence-corrected chi connectivity index (χ0v) is 14.8. The number of aliphatic hydroxyl groups excluding tert-OH is 2. The number of alkyl carbamates (subject to hydrolysis) is 1. The molecule has 0 radical (unpaired) electrons. The Bertz CT molecular complexity index is 561. The molecule has 130 valence electrons. The number of nitrogen functional groups attached to an aromatic ring is 1. The molecule has 1 amide bonds. The van der Waals surface area contributed by atoms with Crippen LogP contribution in [-0.2, 0) is 4.74 Å². The molecule has 2 unspecified atom stereocenters. The molecule has 1 aromatic rings. The quantitative estimate of drug-likeness (QED) is 0.601. The molecule has 0 saturated heterocycles. The highest BCUT2D eigenvalue weighted by molar-refractivity contribution is 6.36. The van der Waals surface area contributed by atoms with Crippen LogP contribution in [0.5, 0.6) is 0 Å². The molecule has 6 nitrogen and oxygen atoms in total. The number of nitrogens with one attached hydrogen (secondary N) is 1. The standard InChI is InChI=1S/C15H22Cl2N2O4/c1-15(2,3)23-14(22)19-5-4-11(20)13(21)9-6-8(16)7-10(17)12(9)18/h6-7,11,13,20-21H,4-5,18H2,1-3H3,(H,19,22). The minimum Gasteiger partial charge on any atom is -0.444 e. The van der Waals surface area contributed by atoms with Crippen LogP contribution in [-0.4, -0.2) is 34.6 Å². The zero-order chi connectivity index (χ0) is 17.8. The predicted molar refractivity (Wildman–Crippen MR) is 90.7 cm³/mol. The first-order chi connectivity index (χ1) is 10.5. The molecule has 0 aliphatic rings. The summed E-state index contributed by atoms with van der Waals surface area (Å²) in [7, 11) is 0. The van der Waals surface area contributed by atoms with Gasteiger partial charge in [0.1, 0.15) is 11.7 Å². The van der Waals surface area contributed by atoms with Crippen LogP contribution in [0.1, 0.15) is 38.9 Å². The lowest BCUT2D eigenvalue weighted by Gasteiger charge is -2.22. The molecule has 0 aliphatic carbocycles. The molecule has 1 rings (SSSR count). The van der Waals surface area contributed by atoms with Crippen molar-refractivity contribution in [1.29, 1.82) is 0 Å². The van der Waals surface area contributed by atoms with Crippen LogP contribution in [0.2, 0.25) is 10.0 Å². The van der Waals surface area contributed by atoms with E-state index in [1.165, 1.54) is 12.1 Å². The Hall–Kier alpha value is -1.21. The molecule has 0 heterocycles. The van der Waals surface area contributed by atoms with Crippen LogP contribution >= 0.6 is 23.2 Å². The van der Waals surface area contributed by atoms with E-state index in [-0.39, 0.29) is 29.2 Å². The number of aliphatic hydroxyl groups is 2. The van der Waals surface area contributed by atoms with E-state index in [1.807, 2.05) is 0 Å². The van der Waals surface area contributed by atoms with Gasteiger partial charge < -0.3 is 26.0 Å². The molecule has 0 bridgehead atoms. The Morgan fingerprint density at radius 3 is 2.52 bits per heavy atom. The summed E-state index contributed by atoms with van der Waals surface area (Å²) in [6, 6.07) is 2.89. The van der Waals surface area contributed by atoms with Gasteiger partial charge >= 0.3 is 6.09 Å². The van der Waals surface area contributed by atoms with Gasteiger partial charge in [0.2, 0.25) is 0 Å². The molecular weight excluding hydrogens is 343 g/mol. The lowest BCUT2D eigenvalue weighted by atomic mass is 10.0. The highest BCUT2D eigenvalue weighted by Gasteiger charge is 2.23. The number of ether oxygens (including phenoxy) is 1. The van der Waals surface area contributed by atoms with Gasteiger partial charge in [-0.05, 0) is 39.3 Å². The van der Waals surface area contributed by atoms with E-state index in [4.69, 9.17) is 33.7 Å². The smallest absolute Gasteiger partial charge is 0.407 e. The topological polar surface area (TPSA) is 105 Å². The third kappa shape index (κ3) is 6.43. The van der Waals surface area contributed by atoms with E-state index in [0.717, 1.165) is 0 Å². The maximum absolute atomic E-state index is 11.5. The van der Waals surface area contributed by atoms with E-state index in [1.54, 1.807) is 20.8 Å². The third-order valence-electron chi connectivity index (χ3n) is 2.92. The van der Waals surface area contributed by atoms with Gasteiger partial charge in [-0.25, -0.2) is 4.79 Å². The van der Waals surface area contributed by atoms with E-state index in [9.17, 15) is 15.0 Å². The number of amides is 1. The number of nitrogens with two attached hydrogens (primary N) is 1. The summed E-state index contributed by atoms with van der Waals surface area (Å²) < 4.78 is 5.07. The Kier molecular flexibility index (Phi) is 6.95. The number of hydrogen-bond acceptors (Lipinski definition) is 5. The van der Waals surface area contributed by atoms with Gasteiger partial charge in [0.25, 0.3) is 0 Å². The summed E-state index contributed by atoms with van der Waals surface area (Å²) in [6.07, 6.45) is -2.91. The molecular formula is C15H22Cl2N2O4. The van der Waals surface area contributed by atoms with Crippen molar-refractivity contribution in [3.05, 3.63) is 27.7 Å². The van der Waals surface area contributed by atoms with Gasteiger partial charge in [-0.3, -0.25) is 0 Å². The van der Waals surface area contributed by atoms with Gasteiger partial charge in [0.05, 0.1) is 16.8 Å². The van der Waals surface area contributed by atoms with Crippen LogP contribution in [0.15, 0.2) is 12.1 Å². The second kappa shape index (κ2) is 8.06. The van der Waals surface area contributed by atoms with Crippen molar-refractivity contribution in [2.75, 3.05) is 12.3 Å². The van der Waals surface area contributed by atoms with Crippen molar-refractivity contribution in [3.8, 4) is 0 Å². The van der Waals surface area contributed by atoms with Crippen molar-refractivity contribution in [2.45, 2.75) is 45.0 Å². The van der Waals surface area contributed by atoms with Gasteiger partial charge in [-0.15, -0.1) is 0 Å². The average molecular weight is 365 g/mol. The van der Waals surface area contributed by atoms with E-state index >= 15 is 0 Å². The molecule has 0 spiro atoms. The van der Waals surface area contributed by atoms with Crippen molar-refractivity contribution in [2.24, 2.45) is 0 Å². The van der Waals surface area contributed by atoms with Gasteiger partial charge in [-0.2, -0.15) is 0 Å². The SMILES string of the molecule is CC(C)(C)OC(=O)NCCC(O)C(O)c1cc(Cl)cc(Cl)c1N. The minimum atomic E-state index is -1.27. The monoisotopic (exact) mass is 364 g/mol. The fourth-order valence-electron chi connectivity index (χ4n) is 1.85. The minimum absolute atomic E-state index is 0.101. The molecule has 0 fully saturated rings. The highest BCUT2D eigenvalue weighted by atomic mass is 35.5. The Labute approximate surface area is 145 Å². The maximum atomic E-state index is 11.5. The normalized spacial score (nSPS) is 14.2. The first-order valence-corrected chi connectivity index (χ1v) is 7.84. The van der Waals surface area contributed by atoms with Crippen molar-refractivity contribution in [1.82, 2.24) is 5.32 Å². The molecule has 23 heavy (non-hydrogen) atoms. The number of halogens is 2. The number of anilines is 1. The van der Waals surface area contributed by atoms with Crippen LogP contribution in [0.25, 0.3) is 0 Å². The van der Waals surface area contributed by atoms with E-state index in [2.05, 4.69) is 5.32 Å². The fourth-order valence-corrected chi connectivity index (χ4v) is 2.36. The predicted octanol–water partition coefficient (Wildman–Crippen LogP) is 2.88. The first kappa shape index (κ1) is 19.8. The average Bonchev–Trinajstić information content (AvgIpc) is 2.39. The lowest BCUT2D eigenvalue weighted by molar-refractivity contribution is 0.0127. The fraction of sp³-hybridized carbons (Fsp3) is 0.533. The Balaban J connectivity index is 2.58. The second-order valence-corrected chi connectivity index (χ2v) is 6.96. The molecule has 0 aliphatic heterocycles. The van der Waals surface area contributed by atoms with Crippen molar-refractivity contribution in [3.63, 3.8) is 0 Å². The van der Waals surface area contributed by atoms with Crippen LogP contribution in [0.3, 0.4) is 0 Å². The number of carbonyl (C=O) groups excluding carboxylic acids is 1. The van der Waals surface area contributed by atoms with Crippen LogP contribution < -0.4 is 11.1 Å².